The molecule has 0 fully saturated rings. The average molecular weight is 545 g/mol. The Morgan fingerprint density at radius 2 is 0.619 bits per heavy atom. The molecular formula is C40H36N2. The summed E-state index contributed by atoms with van der Waals surface area (Å²) in [4.78, 5) is 4.67. The Hall–Kier alpha value is -5.08. The van der Waals surface area contributed by atoms with Crippen molar-refractivity contribution in [2.75, 3.05) is 9.80 Å². The van der Waals surface area contributed by atoms with Gasteiger partial charge >= 0.3 is 0 Å². The van der Waals surface area contributed by atoms with Crippen molar-refractivity contribution in [1.82, 2.24) is 0 Å². The van der Waals surface area contributed by atoms with Gasteiger partial charge in [0, 0.05) is 34.1 Å². The van der Waals surface area contributed by atoms with Crippen LogP contribution in [0, 0.1) is 27.7 Å². The van der Waals surface area contributed by atoms with Gasteiger partial charge in [-0.3, -0.25) is 0 Å². The van der Waals surface area contributed by atoms with E-state index in [2.05, 4.69) is 183 Å². The van der Waals surface area contributed by atoms with Gasteiger partial charge in [0.1, 0.15) is 0 Å². The van der Waals surface area contributed by atoms with Gasteiger partial charge in [-0.1, -0.05) is 72.8 Å². The number of hydrogen-bond donors (Lipinski definition) is 0. The van der Waals surface area contributed by atoms with Crippen molar-refractivity contribution in [2.24, 2.45) is 0 Å². The molecule has 0 radical (unpaired) electrons. The van der Waals surface area contributed by atoms with Crippen LogP contribution in [-0.4, -0.2) is 0 Å². The minimum atomic E-state index is 1.13. The predicted molar refractivity (Wildman–Crippen MR) is 180 cm³/mol. The van der Waals surface area contributed by atoms with Crippen molar-refractivity contribution in [1.29, 1.82) is 0 Å². The third-order valence-electron chi connectivity index (χ3n) is 7.60. The van der Waals surface area contributed by atoms with Crippen molar-refractivity contribution < 1.29 is 0 Å². The molecule has 0 aliphatic rings. The highest BCUT2D eigenvalue weighted by molar-refractivity contribution is 5.82. The minimum absolute atomic E-state index is 1.13. The standard InChI is InChI=1S/C40H36N2/c1-29-10-5-15-36(24-29)41(37-16-6-11-30(2)25-37)35-22-20-33(21-23-35)34-14-9-19-40(28-34)42(38-17-7-12-31(3)26-38)39-18-8-13-32(4)27-39/h5-28H,1-4H3. The van der Waals surface area contributed by atoms with E-state index in [9.17, 15) is 0 Å². The first-order valence-electron chi connectivity index (χ1n) is 14.5. The molecule has 0 saturated carbocycles. The van der Waals surface area contributed by atoms with Crippen LogP contribution in [0.2, 0.25) is 0 Å². The number of aryl methyl sites for hydroxylation is 4. The highest BCUT2D eigenvalue weighted by Crippen LogP contribution is 2.39. The van der Waals surface area contributed by atoms with E-state index in [4.69, 9.17) is 0 Å². The second-order valence-electron chi connectivity index (χ2n) is 11.1. The van der Waals surface area contributed by atoms with Gasteiger partial charge < -0.3 is 9.80 Å². The number of hydrogen-bond acceptors (Lipinski definition) is 2. The van der Waals surface area contributed by atoms with Crippen LogP contribution in [0.15, 0.2) is 146 Å². The van der Waals surface area contributed by atoms with E-state index < -0.39 is 0 Å². The molecule has 6 aromatic rings. The van der Waals surface area contributed by atoms with E-state index >= 15 is 0 Å². The van der Waals surface area contributed by atoms with Crippen LogP contribution < -0.4 is 9.80 Å². The third-order valence-corrected chi connectivity index (χ3v) is 7.60. The zero-order valence-electron chi connectivity index (χ0n) is 24.8. The first kappa shape index (κ1) is 27.1. The largest absolute Gasteiger partial charge is 0.310 e. The second kappa shape index (κ2) is 11.8. The van der Waals surface area contributed by atoms with Crippen molar-refractivity contribution in [3.8, 4) is 11.1 Å². The van der Waals surface area contributed by atoms with E-state index in [-0.39, 0.29) is 0 Å². The molecule has 0 amide bonds. The summed E-state index contributed by atoms with van der Waals surface area (Å²) in [7, 11) is 0. The molecule has 6 rings (SSSR count). The summed E-state index contributed by atoms with van der Waals surface area (Å²) in [6.45, 7) is 8.58. The molecule has 0 spiro atoms. The van der Waals surface area contributed by atoms with Crippen LogP contribution in [0.3, 0.4) is 0 Å². The molecule has 0 heterocycles. The lowest BCUT2D eigenvalue weighted by Gasteiger charge is -2.27. The van der Waals surface area contributed by atoms with Crippen LogP contribution >= 0.6 is 0 Å². The number of anilines is 6. The minimum Gasteiger partial charge on any atom is -0.310 e. The Balaban J connectivity index is 1.39. The van der Waals surface area contributed by atoms with Crippen molar-refractivity contribution >= 4 is 34.1 Å². The molecule has 0 atom stereocenters. The molecule has 0 unspecified atom stereocenters. The van der Waals surface area contributed by atoms with Crippen LogP contribution in [0.1, 0.15) is 22.3 Å². The Kier molecular flexibility index (Phi) is 7.62. The van der Waals surface area contributed by atoms with E-state index in [1.165, 1.54) is 33.4 Å². The van der Waals surface area contributed by atoms with Gasteiger partial charge in [-0.15, -0.1) is 0 Å². The second-order valence-corrected chi connectivity index (χ2v) is 11.1. The van der Waals surface area contributed by atoms with Gasteiger partial charge in [0.05, 0.1) is 0 Å². The fraction of sp³-hybridized carbons (Fsp3) is 0.100. The maximum atomic E-state index is 2.34. The van der Waals surface area contributed by atoms with E-state index in [1.54, 1.807) is 0 Å². The average Bonchev–Trinajstić information content (AvgIpc) is 2.98. The fourth-order valence-electron chi connectivity index (χ4n) is 5.59. The summed E-state index contributed by atoms with van der Waals surface area (Å²) >= 11 is 0. The molecular weight excluding hydrogens is 508 g/mol. The normalized spacial score (nSPS) is 10.9. The molecule has 2 heteroatoms. The smallest absolute Gasteiger partial charge is 0.0467 e. The SMILES string of the molecule is Cc1cccc(N(c2ccc(-c3cccc(N(c4cccc(C)c4)c4cccc(C)c4)c3)cc2)c2cccc(C)c2)c1. The lowest BCUT2D eigenvalue weighted by molar-refractivity contribution is 1.26. The number of rotatable bonds is 7. The van der Waals surface area contributed by atoms with Gasteiger partial charge in [-0.05, 0) is 134 Å². The first-order chi connectivity index (χ1) is 20.4. The Morgan fingerprint density at radius 1 is 0.286 bits per heavy atom. The topological polar surface area (TPSA) is 6.48 Å². The maximum absolute atomic E-state index is 2.34. The summed E-state index contributed by atoms with van der Waals surface area (Å²) in [6, 6.07) is 52.5. The number of benzene rings is 6. The molecule has 2 nitrogen and oxygen atoms in total. The Labute approximate surface area is 250 Å². The monoisotopic (exact) mass is 544 g/mol. The first-order valence-corrected chi connectivity index (χ1v) is 14.5. The molecule has 6 aromatic carbocycles. The fourth-order valence-corrected chi connectivity index (χ4v) is 5.59. The molecule has 42 heavy (non-hydrogen) atoms. The zero-order chi connectivity index (χ0) is 29.1. The van der Waals surface area contributed by atoms with Gasteiger partial charge in [0.25, 0.3) is 0 Å². The molecule has 0 aliphatic carbocycles. The van der Waals surface area contributed by atoms with E-state index in [0.29, 0.717) is 0 Å². The van der Waals surface area contributed by atoms with Crippen molar-refractivity contribution in [3.05, 3.63) is 168 Å². The Bertz CT molecular complexity index is 1740. The molecule has 0 N–H and O–H groups in total. The van der Waals surface area contributed by atoms with Crippen molar-refractivity contribution in [3.63, 3.8) is 0 Å². The molecule has 0 saturated heterocycles. The summed E-state index contributed by atoms with van der Waals surface area (Å²) < 4.78 is 0. The summed E-state index contributed by atoms with van der Waals surface area (Å²) in [5.41, 5.74) is 14.2. The molecule has 0 aromatic heterocycles. The van der Waals surface area contributed by atoms with Crippen molar-refractivity contribution in [2.45, 2.75) is 27.7 Å². The van der Waals surface area contributed by atoms with Crippen LogP contribution in [0.4, 0.5) is 34.1 Å². The van der Waals surface area contributed by atoms with Gasteiger partial charge in [-0.25, -0.2) is 0 Å². The maximum Gasteiger partial charge on any atom is 0.0467 e. The molecule has 0 aliphatic heterocycles. The predicted octanol–water partition coefficient (Wildman–Crippen LogP) is 11.5. The van der Waals surface area contributed by atoms with Crippen LogP contribution in [0.25, 0.3) is 11.1 Å². The summed E-state index contributed by atoms with van der Waals surface area (Å²) in [5.74, 6) is 0. The number of nitrogens with zero attached hydrogens (tertiary/aromatic N) is 2. The summed E-state index contributed by atoms with van der Waals surface area (Å²) in [5, 5.41) is 0. The van der Waals surface area contributed by atoms with Gasteiger partial charge in [-0.2, -0.15) is 0 Å². The van der Waals surface area contributed by atoms with Crippen LogP contribution in [-0.2, 0) is 0 Å². The van der Waals surface area contributed by atoms with Gasteiger partial charge in [0.2, 0.25) is 0 Å². The van der Waals surface area contributed by atoms with Gasteiger partial charge in [0.15, 0.2) is 0 Å². The molecule has 206 valence electrons. The highest BCUT2D eigenvalue weighted by Gasteiger charge is 2.15. The quantitative estimate of drug-likeness (QED) is 0.197. The van der Waals surface area contributed by atoms with E-state index in [1.807, 2.05) is 0 Å². The highest BCUT2D eigenvalue weighted by atomic mass is 15.1. The van der Waals surface area contributed by atoms with E-state index in [0.717, 1.165) is 34.1 Å². The Morgan fingerprint density at radius 3 is 1.00 bits per heavy atom. The zero-order valence-corrected chi connectivity index (χ0v) is 24.8. The summed E-state index contributed by atoms with van der Waals surface area (Å²) in [6.07, 6.45) is 0. The lowest BCUT2D eigenvalue weighted by atomic mass is 10.0. The third kappa shape index (κ3) is 5.84. The lowest BCUT2D eigenvalue weighted by Crippen LogP contribution is -2.10. The van der Waals surface area contributed by atoms with Crippen LogP contribution in [0.5, 0.6) is 0 Å². The molecule has 0 bridgehead atoms.